The zero-order chi connectivity index (χ0) is 14.0. The number of halogens is 2. The first-order valence-electron chi connectivity index (χ1n) is 5.60. The van der Waals surface area contributed by atoms with Crippen molar-refractivity contribution in [3.8, 4) is 0 Å². The SMILES string of the molecule is O=C(O)c1c(Cl)ccc(Cl)c1NC(=O)C1CCOC1. The number of amides is 1. The van der Waals surface area contributed by atoms with Crippen molar-refractivity contribution >= 4 is 40.8 Å². The Balaban J connectivity index is 2.30. The second-order valence-electron chi connectivity index (χ2n) is 4.13. The van der Waals surface area contributed by atoms with Crippen LogP contribution in [0.5, 0.6) is 0 Å². The number of carbonyl (C=O) groups excluding carboxylic acids is 1. The Kier molecular flexibility index (Phi) is 4.29. The van der Waals surface area contributed by atoms with Gasteiger partial charge in [-0.1, -0.05) is 23.2 Å². The molecule has 2 rings (SSSR count). The molecule has 1 aliphatic heterocycles. The Morgan fingerprint density at radius 3 is 2.58 bits per heavy atom. The minimum atomic E-state index is -1.24. The van der Waals surface area contributed by atoms with Crippen LogP contribution < -0.4 is 5.32 Å². The van der Waals surface area contributed by atoms with Gasteiger partial charge in [-0.15, -0.1) is 0 Å². The molecule has 0 saturated carbocycles. The second-order valence-corrected chi connectivity index (χ2v) is 4.95. The van der Waals surface area contributed by atoms with E-state index in [2.05, 4.69) is 5.32 Å². The Labute approximate surface area is 119 Å². The average Bonchev–Trinajstić information content (AvgIpc) is 2.87. The first kappa shape index (κ1) is 14.1. The lowest BCUT2D eigenvalue weighted by Gasteiger charge is -2.14. The van der Waals surface area contributed by atoms with Crippen molar-refractivity contribution < 1.29 is 19.4 Å². The number of carboxylic acid groups (broad SMARTS) is 1. The van der Waals surface area contributed by atoms with Crippen molar-refractivity contribution in [2.24, 2.45) is 5.92 Å². The number of ether oxygens (including phenoxy) is 1. The lowest BCUT2D eigenvalue weighted by Crippen LogP contribution is -2.24. The third-order valence-electron chi connectivity index (χ3n) is 2.87. The van der Waals surface area contributed by atoms with Gasteiger partial charge in [-0.2, -0.15) is 0 Å². The topological polar surface area (TPSA) is 75.6 Å². The molecule has 0 aromatic heterocycles. The molecule has 1 aromatic carbocycles. The molecule has 1 heterocycles. The summed E-state index contributed by atoms with van der Waals surface area (Å²) in [6, 6.07) is 2.82. The Hall–Kier alpha value is -1.30. The number of benzene rings is 1. The van der Waals surface area contributed by atoms with Gasteiger partial charge in [-0.25, -0.2) is 4.79 Å². The van der Waals surface area contributed by atoms with Crippen LogP contribution in [0.25, 0.3) is 0 Å². The van der Waals surface area contributed by atoms with Crippen LogP contribution >= 0.6 is 23.2 Å². The number of hydrogen-bond donors (Lipinski definition) is 2. The number of nitrogens with one attached hydrogen (secondary N) is 1. The number of carboxylic acids is 1. The van der Waals surface area contributed by atoms with Crippen LogP contribution in [0, 0.1) is 5.92 Å². The molecular weight excluding hydrogens is 293 g/mol. The Morgan fingerprint density at radius 2 is 2.00 bits per heavy atom. The maximum atomic E-state index is 12.0. The molecule has 7 heteroatoms. The molecule has 2 N–H and O–H groups in total. The average molecular weight is 304 g/mol. The minimum absolute atomic E-state index is 0.0230. The highest BCUT2D eigenvalue weighted by molar-refractivity contribution is 6.38. The predicted molar refractivity (Wildman–Crippen MR) is 71.0 cm³/mol. The number of anilines is 1. The molecule has 0 bridgehead atoms. The summed E-state index contributed by atoms with van der Waals surface area (Å²) in [7, 11) is 0. The first-order chi connectivity index (χ1) is 9.00. The molecule has 1 amide bonds. The van der Waals surface area contributed by atoms with Crippen molar-refractivity contribution in [3.63, 3.8) is 0 Å². The third kappa shape index (κ3) is 3.00. The van der Waals surface area contributed by atoms with Crippen LogP contribution in [-0.2, 0) is 9.53 Å². The van der Waals surface area contributed by atoms with Gasteiger partial charge in [0.1, 0.15) is 5.56 Å². The van der Waals surface area contributed by atoms with Crippen LogP contribution in [0.1, 0.15) is 16.8 Å². The minimum Gasteiger partial charge on any atom is -0.478 e. The summed E-state index contributed by atoms with van der Waals surface area (Å²) < 4.78 is 5.11. The van der Waals surface area contributed by atoms with E-state index in [9.17, 15) is 9.59 Å². The predicted octanol–water partition coefficient (Wildman–Crippen LogP) is 2.67. The highest BCUT2D eigenvalue weighted by Crippen LogP contribution is 2.32. The first-order valence-corrected chi connectivity index (χ1v) is 6.36. The molecule has 1 aliphatic rings. The molecule has 1 fully saturated rings. The maximum absolute atomic E-state index is 12.0. The zero-order valence-corrected chi connectivity index (χ0v) is 11.3. The van der Waals surface area contributed by atoms with E-state index in [0.29, 0.717) is 19.6 Å². The molecule has 102 valence electrons. The molecule has 5 nitrogen and oxygen atoms in total. The molecule has 1 aromatic rings. The van der Waals surface area contributed by atoms with Crippen molar-refractivity contribution in [1.29, 1.82) is 0 Å². The van der Waals surface area contributed by atoms with Crippen LogP contribution in [0.2, 0.25) is 10.0 Å². The molecule has 0 spiro atoms. The summed E-state index contributed by atoms with van der Waals surface area (Å²) in [4.78, 5) is 23.1. The van der Waals surface area contributed by atoms with E-state index in [1.807, 2.05) is 0 Å². The van der Waals surface area contributed by atoms with Gasteiger partial charge < -0.3 is 15.2 Å². The summed E-state index contributed by atoms with van der Waals surface area (Å²) in [5.41, 5.74) is -0.181. The number of aromatic carboxylic acids is 1. The summed E-state index contributed by atoms with van der Waals surface area (Å²) in [5.74, 6) is -1.86. The molecular formula is C12H11Cl2NO4. The lowest BCUT2D eigenvalue weighted by molar-refractivity contribution is -0.119. The molecule has 1 atom stereocenters. The molecule has 0 radical (unpaired) electrons. The highest BCUT2D eigenvalue weighted by Gasteiger charge is 2.26. The van der Waals surface area contributed by atoms with E-state index in [1.54, 1.807) is 0 Å². The van der Waals surface area contributed by atoms with E-state index in [0.717, 1.165) is 0 Å². The van der Waals surface area contributed by atoms with Crippen LogP contribution in [-0.4, -0.2) is 30.2 Å². The van der Waals surface area contributed by atoms with Crippen molar-refractivity contribution in [3.05, 3.63) is 27.7 Å². The van der Waals surface area contributed by atoms with E-state index >= 15 is 0 Å². The largest absolute Gasteiger partial charge is 0.478 e. The summed E-state index contributed by atoms with van der Waals surface area (Å²) in [6.07, 6.45) is 0.604. The molecule has 1 saturated heterocycles. The van der Waals surface area contributed by atoms with Gasteiger partial charge in [-0.3, -0.25) is 4.79 Å². The fraction of sp³-hybridized carbons (Fsp3) is 0.333. The normalized spacial score (nSPS) is 18.3. The van der Waals surface area contributed by atoms with Gasteiger partial charge in [0.2, 0.25) is 5.91 Å². The fourth-order valence-corrected chi connectivity index (χ4v) is 2.29. The summed E-state index contributed by atoms with van der Waals surface area (Å²) in [6.45, 7) is 0.847. The number of carbonyl (C=O) groups is 2. The van der Waals surface area contributed by atoms with Gasteiger partial charge >= 0.3 is 5.97 Å². The van der Waals surface area contributed by atoms with Gasteiger partial charge in [-0.05, 0) is 18.6 Å². The van der Waals surface area contributed by atoms with Crippen LogP contribution in [0.3, 0.4) is 0 Å². The van der Waals surface area contributed by atoms with E-state index < -0.39 is 5.97 Å². The van der Waals surface area contributed by atoms with E-state index in [4.69, 9.17) is 33.0 Å². The van der Waals surface area contributed by atoms with E-state index in [1.165, 1.54) is 12.1 Å². The monoisotopic (exact) mass is 303 g/mol. The van der Waals surface area contributed by atoms with E-state index in [-0.39, 0.29) is 33.1 Å². The van der Waals surface area contributed by atoms with Gasteiger partial charge in [0.15, 0.2) is 0 Å². The highest BCUT2D eigenvalue weighted by atomic mass is 35.5. The number of rotatable bonds is 3. The summed E-state index contributed by atoms with van der Waals surface area (Å²) in [5, 5.41) is 11.8. The second kappa shape index (κ2) is 5.77. The maximum Gasteiger partial charge on any atom is 0.339 e. The van der Waals surface area contributed by atoms with Gasteiger partial charge in [0.25, 0.3) is 0 Å². The van der Waals surface area contributed by atoms with Gasteiger partial charge in [0, 0.05) is 6.61 Å². The Morgan fingerprint density at radius 1 is 1.32 bits per heavy atom. The lowest BCUT2D eigenvalue weighted by atomic mass is 10.1. The van der Waals surface area contributed by atoms with Crippen molar-refractivity contribution in [2.75, 3.05) is 18.5 Å². The standard InChI is InChI=1S/C12H11Cl2NO4/c13-7-1-2-8(14)10(9(7)12(17)18)15-11(16)6-3-4-19-5-6/h1-2,6H,3-5H2,(H,15,16)(H,17,18). The molecule has 1 unspecified atom stereocenters. The summed E-state index contributed by atoms with van der Waals surface area (Å²) >= 11 is 11.8. The van der Waals surface area contributed by atoms with Crippen molar-refractivity contribution in [2.45, 2.75) is 6.42 Å². The number of hydrogen-bond acceptors (Lipinski definition) is 3. The smallest absolute Gasteiger partial charge is 0.339 e. The van der Waals surface area contributed by atoms with Crippen LogP contribution in [0.15, 0.2) is 12.1 Å². The van der Waals surface area contributed by atoms with Crippen molar-refractivity contribution in [1.82, 2.24) is 0 Å². The van der Waals surface area contributed by atoms with Crippen LogP contribution in [0.4, 0.5) is 5.69 Å². The fourth-order valence-electron chi connectivity index (χ4n) is 1.85. The third-order valence-corrected chi connectivity index (χ3v) is 3.50. The quantitative estimate of drug-likeness (QED) is 0.900. The molecule has 19 heavy (non-hydrogen) atoms. The Bertz CT molecular complexity index is 527. The van der Waals surface area contributed by atoms with Gasteiger partial charge in [0.05, 0.1) is 28.3 Å². The zero-order valence-electron chi connectivity index (χ0n) is 9.78. The molecule has 0 aliphatic carbocycles.